The molecule has 0 spiro atoms. The largest absolute Gasteiger partial charge is 0.337 e. The van der Waals surface area contributed by atoms with Crippen molar-refractivity contribution in [3.8, 4) is 0 Å². The summed E-state index contributed by atoms with van der Waals surface area (Å²) in [5, 5.41) is 5.46. The zero-order valence-electron chi connectivity index (χ0n) is 10.9. The third-order valence-electron chi connectivity index (χ3n) is 3.52. The second-order valence-electron chi connectivity index (χ2n) is 4.65. The minimum absolute atomic E-state index is 0. The van der Waals surface area contributed by atoms with E-state index in [4.69, 9.17) is 0 Å². The van der Waals surface area contributed by atoms with E-state index in [9.17, 15) is 4.79 Å². The Balaban J connectivity index is 0.00000162. The van der Waals surface area contributed by atoms with Gasteiger partial charge in [0.2, 0.25) is 5.91 Å². The normalized spacial score (nSPS) is 23.6. The smallest absolute Gasteiger partial charge is 0.223 e. The van der Waals surface area contributed by atoms with E-state index in [0.29, 0.717) is 24.4 Å². The average molecular weight is 289 g/mol. The van der Waals surface area contributed by atoms with Crippen LogP contribution in [0.4, 0.5) is 0 Å². The molecule has 0 bridgehead atoms. The van der Waals surface area contributed by atoms with Gasteiger partial charge in [-0.1, -0.05) is 6.07 Å². The standard InChI is InChI=1S/C13H20N2OS.ClH/c1-10-11(2)15(8-7-14-10)13(16)6-5-12-4-3-9-17-12;/h3-4,9-11,14H,5-8H2,1-2H3;1H. The van der Waals surface area contributed by atoms with Gasteiger partial charge in [-0.25, -0.2) is 0 Å². The molecule has 0 aromatic carbocycles. The Morgan fingerprint density at radius 1 is 1.56 bits per heavy atom. The monoisotopic (exact) mass is 288 g/mol. The number of amides is 1. The van der Waals surface area contributed by atoms with E-state index in [-0.39, 0.29) is 12.4 Å². The van der Waals surface area contributed by atoms with Crippen molar-refractivity contribution in [1.29, 1.82) is 0 Å². The average Bonchev–Trinajstić information content (AvgIpc) is 2.82. The number of hydrogen-bond acceptors (Lipinski definition) is 3. The van der Waals surface area contributed by atoms with Crippen LogP contribution in [-0.2, 0) is 11.2 Å². The van der Waals surface area contributed by atoms with Gasteiger partial charge in [0, 0.05) is 36.5 Å². The Kier molecular flexibility index (Phi) is 6.12. The molecule has 1 amide bonds. The molecule has 0 saturated carbocycles. The maximum Gasteiger partial charge on any atom is 0.223 e. The van der Waals surface area contributed by atoms with Crippen LogP contribution in [0.1, 0.15) is 25.1 Å². The van der Waals surface area contributed by atoms with Crippen molar-refractivity contribution in [2.45, 2.75) is 38.8 Å². The number of halogens is 1. The van der Waals surface area contributed by atoms with Gasteiger partial charge in [-0.3, -0.25) is 4.79 Å². The van der Waals surface area contributed by atoms with Crippen molar-refractivity contribution in [3.63, 3.8) is 0 Å². The summed E-state index contributed by atoms with van der Waals surface area (Å²) in [4.78, 5) is 15.5. The lowest BCUT2D eigenvalue weighted by atomic mass is 10.1. The number of aryl methyl sites for hydroxylation is 1. The molecule has 102 valence electrons. The minimum Gasteiger partial charge on any atom is -0.337 e. The van der Waals surface area contributed by atoms with Gasteiger partial charge in [-0.2, -0.15) is 0 Å². The van der Waals surface area contributed by atoms with Gasteiger partial charge in [0.05, 0.1) is 0 Å². The minimum atomic E-state index is 0. The number of piperazine rings is 1. The summed E-state index contributed by atoms with van der Waals surface area (Å²) in [6.45, 7) is 6.02. The summed E-state index contributed by atoms with van der Waals surface area (Å²) < 4.78 is 0. The molecule has 0 radical (unpaired) electrons. The molecule has 2 atom stereocenters. The van der Waals surface area contributed by atoms with Crippen LogP contribution in [0.2, 0.25) is 0 Å². The van der Waals surface area contributed by atoms with Gasteiger partial charge in [-0.15, -0.1) is 23.7 Å². The van der Waals surface area contributed by atoms with Crippen molar-refractivity contribution in [1.82, 2.24) is 10.2 Å². The van der Waals surface area contributed by atoms with Gasteiger partial charge in [0.25, 0.3) is 0 Å². The van der Waals surface area contributed by atoms with Gasteiger partial charge in [0.15, 0.2) is 0 Å². The van der Waals surface area contributed by atoms with Crippen LogP contribution in [0.15, 0.2) is 17.5 Å². The molecular weight excluding hydrogens is 268 g/mol. The fourth-order valence-electron chi connectivity index (χ4n) is 2.24. The summed E-state index contributed by atoms with van der Waals surface area (Å²) in [7, 11) is 0. The first kappa shape index (κ1) is 15.5. The van der Waals surface area contributed by atoms with Crippen LogP contribution in [-0.4, -0.2) is 36.0 Å². The Bertz CT molecular complexity index is 369. The van der Waals surface area contributed by atoms with E-state index >= 15 is 0 Å². The fourth-order valence-corrected chi connectivity index (χ4v) is 2.95. The van der Waals surface area contributed by atoms with E-state index in [1.54, 1.807) is 11.3 Å². The van der Waals surface area contributed by atoms with E-state index in [2.05, 4.69) is 30.6 Å². The summed E-state index contributed by atoms with van der Waals surface area (Å²) >= 11 is 1.73. The van der Waals surface area contributed by atoms with Crippen molar-refractivity contribution in [3.05, 3.63) is 22.4 Å². The lowest BCUT2D eigenvalue weighted by molar-refractivity contribution is -0.134. The maximum absolute atomic E-state index is 12.2. The molecule has 1 fully saturated rings. The molecule has 0 aliphatic carbocycles. The molecule has 1 aromatic rings. The summed E-state index contributed by atoms with van der Waals surface area (Å²) in [5.41, 5.74) is 0. The summed E-state index contributed by atoms with van der Waals surface area (Å²) in [6, 6.07) is 4.84. The second kappa shape index (κ2) is 7.12. The number of hydrogen-bond donors (Lipinski definition) is 1. The zero-order valence-corrected chi connectivity index (χ0v) is 12.5. The third-order valence-corrected chi connectivity index (χ3v) is 4.46. The van der Waals surface area contributed by atoms with E-state index in [0.717, 1.165) is 19.5 Å². The number of thiophene rings is 1. The maximum atomic E-state index is 12.2. The van der Waals surface area contributed by atoms with Gasteiger partial charge in [-0.05, 0) is 31.7 Å². The number of carbonyl (C=O) groups is 1. The fraction of sp³-hybridized carbons (Fsp3) is 0.615. The van der Waals surface area contributed by atoms with E-state index < -0.39 is 0 Å². The van der Waals surface area contributed by atoms with Crippen molar-refractivity contribution < 1.29 is 4.79 Å². The van der Waals surface area contributed by atoms with Gasteiger partial charge < -0.3 is 10.2 Å². The van der Waals surface area contributed by atoms with Crippen LogP contribution in [0.3, 0.4) is 0 Å². The van der Waals surface area contributed by atoms with Crippen LogP contribution < -0.4 is 5.32 Å². The summed E-state index contributed by atoms with van der Waals surface area (Å²) in [5.74, 6) is 0.291. The Morgan fingerprint density at radius 2 is 2.33 bits per heavy atom. The van der Waals surface area contributed by atoms with Crippen molar-refractivity contribution >= 4 is 29.7 Å². The molecule has 2 unspecified atom stereocenters. The Hall–Kier alpha value is -0.580. The van der Waals surface area contributed by atoms with E-state index in [1.807, 2.05) is 11.0 Å². The second-order valence-corrected chi connectivity index (χ2v) is 5.68. The van der Waals surface area contributed by atoms with Gasteiger partial charge >= 0.3 is 0 Å². The first-order valence-corrected chi connectivity index (χ1v) is 7.11. The number of carbonyl (C=O) groups excluding carboxylic acids is 1. The predicted molar refractivity (Wildman–Crippen MR) is 78.5 cm³/mol. The highest BCUT2D eigenvalue weighted by molar-refractivity contribution is 7.09. The van der Waals surface area contributed by atoms with Crippen LogP contribution in [0, 0.1) is 0 Å². The number of nitrogens with zero attached hydrogens (tertiary/aromatic N) is 1. The molecule has 1 aromatic heterocycles. The molecule has 1 aliphatic heterocycles. The van der Waals surface area contributed by atoms with Gasteiger partial charge in [0.1, 0.15) is 0 Å². The molecule has 3 nitrogen and oxygen atoms in total. The zero-order chi connectivity index (χ0) is 12.3. The molecule has 18 heavy (non-hydrogen) atoms. The molecule has 1 aliphatic rings. The molecule has 2 heterocycles. The molecule has 1 saturated heterocycles. The third kappa shape index (κ3) is 3.70. The van der Waals surface area contributed by atoms with Crippen molar-refractivity contribution in [2.75, 3.05) is 13.1 Å². The quantitative estimate of drug-likeness (QED) is 0.926. The molecular formula is C13H21ClN2OS. The lowest BCUT2D eigenvalue weighted by Gasteiger charge is -2.38. The highest BCUT2D eigenvalue weighted by atomic mass is 35.5. The van der Waals surface area contributed by atoms with Crippen LogP contribution in [0.25, 0.3) is 0 Å². The van der Waals surface area contributed by atoms with Crippen molar-refractivity contribution in [2.24, 2.45) is 0 Å². The SMILES string of the molecule is CC1NCCN(C(=O)CCc2cccs2)C1C.Cl. The predicted octanol–water partition coefficient (Wildman–Crippen LogP) is 2.31. The first-order valence-electron chi connectivity index (χ1n) is 6.23. The number of nitrogens with one attached hydrogen (secondary N) is 1. The first-order chi connectivity index (χ1) is 8.18. The van der Waals surface area contributed by atoms with E-state index in [1.165, 1.54) is 4.88 Å². The Labute approximate surface area is 119 Å². The molecule has 5 heteroatoms. The summed E-state index contributed by atoms with van der Waals surface area (Å²) in [6.07, 6.45) is 1.51. The topological polar surface area (TPSA) is 32.3 Å². The number of rotatable bonds is 3. The molecule has 2 rings (SSSR count). The van der Waals surface area contributed by atoms with Crippen LogP contribution in [0.5, 0.6) is 0 Å². The Morgan fingerprint density at radius 3 is 3.00 bits per heavy atom. The molecule has 1 N–H and O–H groups in total. The highest BCUT2D eigenvalue weighted by Gasteiger charge is 2.27. The lowest BCUT2D eigenvalue weighted by Crippen LogP contribution is -2.57. The highest BCUT2D eigenvalue weighted by Crippen LogP contribution is 2.14. The van der Waals surface area contributed by atoms with Crippen LogP contribution >= 0.6 is 23.7 Å².